The molecule has 0 aliphatic rings. The first-order valence-corrected chi connectivity index (χ1v) is 11.1. The highest BCUT2D eigenvalue weighted by Crippen LogP contribution is 2.32. The van der Waals surface area contributed by atoms with E-state index in [0.29, 0.717) is 12.2 Å². The van der Waals surface area contributed by atoms with E-state index in [1.165, 1.54) is 24.1 Å². The van der Waals surface area contributed by atoms with Crippen LogP contribution in [0.25, 0.3) is 11.5 Å². The Balaban J connectivity index is 1.59. The number of carbonyl (C=O) groups excluding carboxylic acids is 1. The molecule has 0 unspecified atom stereocenters. The molecule has 2 heterocycles. The van der Waals surface area contributed by atoms with Crippen molar-refractivity contribution < 1.29 is 22.4 Å². The Bertz CT molecular complexity index is 995. The summed E-state index contributed by atoms with van der Waals surface area (Å²) in [4.78, 5) is 20.9. The second kappa shape index (κ2) is 10.0. The van der Waals surface area contributed by atoms with Gasteiger partial charge < -0.3 is 9.73 Å². The average molecular weight is 454 g/mol. The quantitative estimate of drug-likeness (QED) is 0.257. The number of hydrogen-bond acceptors (Lipinski definition) is 6. The van der Waals surface area contributed by atoms with Crippen LogP contribution in [-0.4, -0.2) is 27.9 Å². The standard InChI is InChI=1S/C20H18F3N3O2S2/c1-29-16-8-3-2-6-13(16)24-18(27)9-5-11-30-19-25-14(15-7-4-10-28-15)12-17(26-19)20(21,22)23/h2-4,6-8,10,12H,5,9,11H2,1H3,(H,24,27). The second-order valence-electron chi connectivity index (χ2n) is 6.10. The third kappa shape index (κ3) is 6.02. The first-order valence-electron chi connectivity index (χ1n) is 8.92. The summed E-state index contributed by atoms with van der Waals surface area (Å²) in [7, 11) is 0. The van der Waals surface area contributed by atoms with Gasteiger partial charge in [-0.15, -0.1) is 11.8 Å². The van der Waals surface area contributed by atoms with Crippen LogP contribution in [0.15, 0.2) is 63.2 Å². The molecule has 1 aromatic carbocycles. The number of para-hydroxylation sites is 1. The number of benzene rings is 1. The monoisotopic (exact) mass is 453 g/mol. The van der Waals surface area contributed by atoms with Crippen LogP contribution in [0.3, 0.4) is 0 Å². The molecule has 1 N–H and O–H groups in total. The summed E-state index contributed by atoms with van der Waals surface area (Å²) in [6.07, 6.45) is -0.601. The zero-order valence-corrected chi connectivity index (χ0v) is 17.5. The average Bonchev–Trinajstić information content (AvgIpc) is 3.26. The fourth-order valence-corrected chi connectivity index (χ4v) is 3.89. The number of nitrogens with one attached hydrogen (secondary N) is 1. The van der Waals surface area contributed by atoms with E-state index in [-0.39, 0.29) is 28.9 Å². The topological polar surface area (TPSA) is 68.0 Å². The first kappa shape index (κ1) is 22.2. The van der Waals surface area contributed by atoms with Crippen molar-refractivity contribution in [1.29, 1.82) is 0 Å². The van der Waals surface area contributed by atoms with Gasteiger partial charge in [-0.1, -0.05) is 23.9 Å². The van der Waals surface area contributed by atoms with E-state index in [1.54, 1.807) is 6.07 Å². The molecule has 0 aliphatic carbocycles. The van der Waals surface area contributed by atoms with E-state index in [1.807, 2.05) is 30.5 Å². The summed E-state index contributed by atoms with van der Waals surface area (Å²) in [5.41, 5.74) is -0.221. The highest BCUT2D eigenvalue weighted by Gasteiger charge is 2.34. The molecular formula is C20H18F3N3O2S2. The second-order valence-corrected chi connectivity index (χ2v) is 8.01. The zero-order valence-electron chi connectivity index (χ0n) is 15.9. The van der Waals surface area contributed by atoms with Crippen LogP contribution in [0, 0.1) is 0 Å². The summed E-state index contributed by atoms with van der Waals surface area (Å²) in [5.74, 6) is 0.478. The molecule has 0 aliphatic heterocycles. The number of furan rings is 1. The smallest absolute Gasteiger partial charge is 0.433 e. The maximum Gasteiger partial charge on any atom is 0.433 e. The van der Waals surface area contributed by atoms with Gasteiger partial charge in [-0.2, -0.15) is 13.2 Å². The Kier molecular flexibility index (Phi) is 7.43. The molecule has 0 radical (unpaired) electrons. The molecule has 1 amide bonds. The SMILES string of the molecule is CSc1ccccc1NC(=O)CCCSc1nc(-c2ccco2)cc(C(F)(F)F)n1. The zero-order chi connectivity index (χ0) is 21.6. The molecule has 0 bridgehead atoms. The normalized spacial score (nSPS) is 11.5. The predicted octanol–water partition coefficient (Wildman–Crippen LogP) is 5.99. The minimum Gasteiger partial charge on any atom is -0.463 e. The summed E-state index contributed by atoms with van der Waals surface area (Å²) in [5, 5.41) is 2.85. The van der Waals surface area contributed by atoms with Gasteiger partial charge in [0, 0.05) is 17.1 Å². The Labute approximate surface area is 179 Å². The van der Waals surface area contributed by atoms with Crippen molar-refractivity contribution in [3.8, 4) is 11.5 Å². The van der Waals surface area contributed by atoms with Crippen molar-refractivity contribution in [1.82, 2.24) is 9.97 Å². The fraction of sp³-hybridized carbons (Fsp3) is 0.250. The van der Waals surface area contributed by atoms with Crippen molar-refractivity contribution in [2.45, 2.75) is 29.1 Å². The fourth-order valence-electron chi connectivity index (χ4n) is 2.54. The number of nitrogens with zero attached hydrogens (tertiary/aromatic N) is 2. The van der Waals surface area contributed by atoms with Crippen molar-refractivity contribution in [2.24, 2.45) is 0 Å². The number of thioether (sulfide) groups is 2. The molecule has 3 rings (SSSR count). The molecular weight excluding hydrogens is 435 g/mol. The van der Waals surface area contributed by atoms with Gasteiger partial charge in [-0.25, -0.2) is 9.97 Å². The van der Waals surface area contributed by atoms with Gasteiger partial charge in [0.25, 0.3) is 0 Å². The van der Waals surface area contributed by atoms with Gasteiger partial charge in [0.05, 0.1) is 12.0 Å². The molecule has 2 aromatic heterocycles. The molecule has 0 saturated heterocycles. The maximum atomic E-state index is 13.2. The minimum atomic E-state index is -4.59. The number of halogens is 3. The Morgan fingerprint density at radius 3 is 2.67 bits per heavy atom. The number of hydrogen-bond donors (Lipinski definition) is 1. The van der Waals surface area contributed by atoms with E-state index in [9.17, 15) is 18.0 Å². The van der Waals surface area contributed by atoms with Gasteiger partial charge in [0.15, 0.2) is 10.9 Å². The molecule has 30 heavy (non-hydrogen) atoms. The molecule has 0 spiro atoms. The Morgan fingerprint density at radius 2 is 1.97 bits per heavy atom. The van der Waals surface area contributed by atoms with E-state index >= 15 is 0 Å². The summed E-state index contributed by atoms with van der Waals surface area (Å²) in [6, 6.07) is 11.4. The highest BCUT2D eigenvalue weighted by molar-refractivity contribution is 7.99. The number of carbonyl (C=O) groups is 1. The molecule has 158 valence electrons. The predicted molar refractivity (Wildman–Crippen MR) is 112 cm³/mol. The van der Waals surface area contributed by atoms with Crippen molar-refractivity contribution in [2.75, 3.05) is 17.3 Å². The van der Waals surface area contributed by atoms with Gasteiger partial charge in [0.2, 0.25) is 5.91 Å². The lowest BCUT2D eigenvalue weighted by Crippen LogP contribution is -2.12. The van der Waals surface area contributed by atoms with E-state index in [2.05, 4.69) is 15.3 Å². The van der Waals surface area contributed by atoms with Gasteiger partial charge in [-0.05, 0) is 43.0 Å². The van der Waals surface area contributed by atoms with Gasteiger partial charge >= 0.3 is 6.18 Å². The third-order valence-corrected chi connectivity index (χ3v) is 5.66. The largest absolute Gasteiger partial charge is 0.463 e. The minimum absolute atomic E-state index is 0.00985. The van der Waals surface area contributed by atoms with Gasteiger partial charge in [0.1, 0.15) is 11.4 Å². The maximum absolute atomic E-state index is 13.2. The number of anilines is 1. The Hall–Kier alpha value is -2.46. The van der Waals surface area contributed by atoms with Crippen molar-refractivity contribution in [3.63, 3.8) is 0 Å². The van der Waals surface area contributed by atoms with E-state index < -0.39 is 11.9 Å². The number of aromatic nitrogens is 2. The van der Waals surface area contributed by atoms with Crippen LogP contribution < -0.4 is 5.32 Å². The van der Waals surface area contributed by atoms with Crippen LogP contribution >= 0.6 is 23.5 Å². The molecule has 10 heteroatoms. The van der Waals surface area contributed by atoms with Crippen molar-refractivity contribution >= 4 is 35.1 Å². The summed E-state index contributed by atoms with van der Waals surface area (Å²) >= 11 is 2.60. The molecule has 0 fully saturated rings. The van der Waals surface area contributed by atoms with Gasteiger partial charge in [-0.3, -0.25) is 4.79 Å². The lowest BCUT2D eigenvalue weighted by molar-refractivity contribution is -0.141. The number of rotatable bonds is 8. The lowest BCUT2D eigenvalue weighted by atomic mass is 10.2. The van der Waals surface area contributed by atoms with E-state index in [0.717, 1.165) is 28.4 Å². The first-order chi connectivity index (χ1) is 14.4. The van der Waals surface area contributed by atoms with Crippen LogP contribution in [0.1, 0.15) is 18.5 Å². The van der Waals surface area contributed by atoms with Crippen LogP contribution in [0.4, 0.5) is 18.9 Å². The number of alkyl halides is 3. The third-order valence-electron chi connectivity index (χ3n) is 3.93. The van der Waals surface area contributed by atoms with Crippen molar-refractivity contribution in [3.05, 3.63) is 54.4 Å². The van der Waals surface area contributed by atoms with Crippen LogP contribution in [0.2, 0.25) is 0 Å². The molecule has 0 atom stereocenters. The van der Waals surface area contributed by atoms with Crippen LogP contribution in [-0.2, 0) is 11.0 Å². The summed E-state index contributed by atoms with van der Waals surface area (Å²) in [6.45, 7) is 0. The highest BCUT2D eigenvalue weighted by atomic mass is 32.2. The van der Waals surface area contributed by atoms with E-state index in [4.69, 9.17) is 4.42 Å². The molecule has 0 saturated carbocycles. The molecule has 5 nitrogen and oxygen atoms in total. The summed E-state index contributed by atoms with van der Waals surface area (Å²) < 4.78 is 44.7. The Morgan fingerprint density at radius 1 is 1.17 bits per heavy atom. The molecule has 3 aromatic rings. The lowest BCUT2D eigenvalue weighted by Gasteiger charge is -2.10. The number of amides is 1. The van der Waals surface area contributed by atoms with Crippen LogP contribution in [0.5, 0.6) is 0 Å².